The van der Waals surface area contributed by atoms with E-state index < -0.39 is 0 Å². The number of carbonyl (C=O) groups is 1. The normalized spacial score (nSPS) is 13.4. The first kappa shape index (κ1) is 15.8. The molecule has 128 valence electrons. The summed E-state index contributed by atoms with van der Waals surface area (Å²) in [5.41, 5.74) is 6.28. The molecule has 1 aromatic carbocycles. The molecule has 2 aromatic heterocycles. The number of hydrogen-bond acceptors (Lipinski definition) is 4. The second-order valence-corrected chi connectivity index (χ2v) is 6.83. The Hall–Kier alpha value is -2.69. The Bertz CT molecular complexity index is 972. The van der Waals surface area contributed by atoms with Crippen molar-refractivity contribution >= 4 is 11.6 Å². The minimum Gasteiger partial charge on any atom is -0.407 e. The fourth-order valence-corrected chi connectivity index (χ4v) is 3.56. The number of imidazole rings is 1. The van der Waals surface area contributed by atoms with Gasteiger partial charge in [-0.1, -0.05) is 38.1 Å². The third kappa shape index (κ3) is 2.60. The number of esters is 1. The highest BCUT2D eigenvalue weighted by Gasteiger charge is 2.24. The zero-order valence-corrected chi connectivity index (χ0v) is 14.7. The van der Waals surface area contributed by atoms with Crippen molar-refractivity contribution < 1.29 is 9.53 Å². The molecule has 0 atom stereocenters. The van der Waals surface area contributed by atoms with Crippen molar-refractivity contribution in [3.8, 4) is 17.1 Å². The summed E-state index contributed by atoms with van der Waals surface area (Å²) in [6, 6.07) is 8.43. The summed E-state index contributed by atoms with van der Waals surface area (Å²) in [4.78, 5) is 21.1. The van der Waals surface area contributed by atoms with Crippen molar-refractivity contribution in [2.45, 2.75) is 46.0 Å². The Morgan fingerprint density at radius 3 is 2.80 bits per heavy atom. The Morgan fingerprint density at radius 2 is 2.04 bits per heavy atom. The maximum atomic E-state index is 11.6. The van der Waals surface area contributed by atoms with Crippen LogP contribution < -0.4 is 4.74 Å². The van der Waals surface area contributed by atoms with Crippen molar-refractivity contribution in [3.05, 3.63) is 47.4 Å². The Kier molecular flexibility index (Phi) is 3.79. The molecule has 0 saturated heterocycles. The van der Waals surface area contributed by atoms with Crippen LogP contribution >= 0.6 is 0 Å². The Labute approximate surface area is 146 Å². The molecular formula is C20H21N3O2. The highest BCUT2D eigenvalue weighted by molar-refractivity contribution is 5.75. The molecule has 5 heteroatoms. The molecule has 0 radical (unpaired) electrons. The van der Waals surface area contributed by atoms with Gasteiger partial charge in [0.1, 0.15) is 17.7 Å². The van der Waals surface area contributed by atoms with Crippen LogP contribution in [0.25, 0.3) is 16.9 Å². The Morgan fingerprint density at radius 1 is 1.24 bits per heavy atom. The maximum Gasteiger partial charge on any atom is 0.309 e. The number of hydrogen-bond donors (Lipinski definition) is 0. The van der Waals surface area contributed by atoms with Gasteiger partial charge in [0.15, 0.2) is 0 Å². The molecule has 0 aliphatic heterocycles. The predicted molar refractivity (Wildman–Crippen MR) is 95.8 cm³/mol. The average molecular weight is 335 g/mol. The third-order valence-electron chi connectivity index (χ3n) is 4.68. The zero-order valence-electron chi connectivity index (χ0n) is 14.7. The first-order chi connectivity index (χ1) is 12.1. The van der Waals surface area contributed by atoms with Gasteiger partial charge in [-0.25, -0.2) is 9.97 Å². The zero-order chi connectivity index (χ0) is 17.6. The predicted octanol–water partition coefficient (Wildman–Crippen LogP) is 3.93. The van der Waals surface area contributed by atoms with Gasteiger partial charge >= 0.3 is 5.97 Å². The SMILES string of the molecule is CC(=O)Oc1c(C(C)C)nc2c3c(ncn12)-c1ccccc1CCC3. The molecule has 0 amide bonds. The van der Waals surface area contributed by atoms with Crippen molar-refractivity contribution in [2.75, 3.05) is 0 Å². The molecular weight excluding hydrogens is 314 g/mol. The molecule has 0 N–H and O–H groups in total. The van der Waals surface area contributed by atoms with E-state index in [4.69, 9.17) is 14.7 Å². The maximum absolute atomic E-state index is 11.6. The van der Waals surface area contributed by atoms with Gasteiger partial charge in [0, 0.05) is 24.0 Å². The standard InChI is InChI=1S/C20H21N3O2/c1-12(2)17-20(25-13(3)24)23-11-21-18-15-9-5-4-7-14(15)8-6-10-16(18)19(23)22-17/h4-5,7,9,11-12H,6,8,10H2,1-3H3. The van der Waals surface area contributed by atoms with E-state index in [-0.39, 0.29) is 11.9 Å². The topological polar surface area (TPSA) is 56.5 Å². The molecule has 0 fully saturated rings. The van der Waals surface area contributed by atoms with Gasteiger partial charge in [0.25, 0.3) is 0 Å². The first-order valence-corrected chi connectivity index (χ1v) is 8.72. The first-order valence-electron chi connectivity index (χ1n) is 8.72. The van der Waals surface area contributed by atoms with Gasteiger partial charge in [-0.2, -0.15) is 0 Å². The van der Waals surface area contributed by atoms with E-state index in [2.05, 4.69) is 38.1 Å². The van der Waals surface area contributed by atoms with E-state index in [0.717, 1.165) is 41.9 Å². The average Bonchev–Trinajstić information content (AvgIpc) is 2.83. The Balaban J connectivity index is 2.00. The summed E-state index contributed by atoms with van der Waals surface area (Å²) in [6.45, 7) is 5.52. The van der Waals surface area contributed by atoms with Crippen LogP contribution in [-0.4, -0.2) is 20.3 Å². The van der Waals surface area contributed by atoms with E-state index in [9.17, 15) is 4.79 Å². The highest BCUT2D eigenvalue weighted by atomic mass is 16.5. The van der Waals surface area contributed by atoms with Gasteiger partial charge in [-0.05, 0) is 24.8 Å². The number of aryl methyl sites for hydroxylation is 2. The molecule has 25 heavy (non-hydrogen) atoms. The third-order valence-corrected chi connectivity index (χ3v) is 4.68. The van der Waals surface area contributed by atoms with E-state index in [1.807, 2.05) is 4.40 Å². The van der Waals surface area contributed by atoms with Crippen molar-refractivity contribution in [1.82, 2.24) is 14.4 Å². The van der Waals surface area contributed by atoms with Gasteiger partial charge in [-0.3, -0.25) is 9.20 Å². The van der Waals surface area contributed by atoms with Crippen LogP contribution in [-0.2, 0) is 17.6 Å². The number of aromatic nitrogens is 3. The smallest absolute Gasteiger partial charge is 0.309 e. The lowest BCUT2D eigenvalue weighted by Gasteiger charge is -2.10. The van der Waals surface area contributed by atoms with Crippen LogP contribution in [0.5, 0.6) is 5.88 Å². The number of nitrogens with zero attached hydrogens (tertiary/aromatic N) is 3. The molecule has 2 heterocycles. The van der Waals surface area contributed by atoms with Crippen LogP contribution in [0.3, 0.4) is 0 Å². The number of ether oxygens (including phenoxy) is 1. The number of carbonyl (C=O) groups excluding carboxylic acids is 1. The molecule has 0 spiro atoms. The molecule has 0 unspecified atom stereocenters. The van der Waals surface area contributed by atoms with Gasteiger partial charge in [0.2, 0.25) is 5.88 Å². The van der Waals surface area contributed by atoms with Crippen LogP contribution in [0.4, 0.5) is 0 Å². The molecule has 3 aromatic rings. The summed E-state index contributed by atoms with van der Waals surface area (Å²) < 4.78 is 7.30. The second kappa shape index (κ2) is 5.99. The van der Waals surface area contributed by atoms with Crippen LogP contribution in [0.15, 0.2) is 30.6 Å². The molecule has 5 nitrogen and oxygen atoms in total. The van der Waals surface area contributed by atoms with Gasteiger partial charge in [0.05, 0.1) is 5.69 Å². The number of benzene rings is 1. The lowest BCUT2D eigenvalue weighted by Crippen LogP contribution is -2.07. The van der Waals surface area contributed by atoms with Crippen molar-refractivity contribution in [2.24, 2.45) is 0 Å². The minimum atomic E-state index is -0.344. The largest absolute Gasteiger partial charge is 0.407 e. The lowest BCUT2D eigenvalue weighted by molar-refractivity contribution is -0.132. The minimum absolute atomic E-state index is 0.156. The van der Waals surface area contributed by atoms with Crippen LogP contribution in [0, 0.1) is 0 Å². The number of fused-ring (bicyclic) bond motifs is 5. The van der Waals surface area contributed by atoms with E-state index in [0.29, 0.717) is 5.88 Å². The van der Waals surface area contributed by atoms with Gasteiger partial charge in [-0.15, -0.1) is 0 Å². The van der Waals surface area contributed by atoms with Gasteiger partial charge < -0.3 is 4.74 Å². The molecule has 1 aliphatic carbocycles. The summed E-state index contributed by atoms with van der Waals surface area (Å²) in [7, 11) is 0. The van der Waals surface area contributed by atoms with E-state index in [1.165, 1.54) is 18.1 Å². The van der Waals surface area contributed by atoms with Crippen molar-refractivity contribution in [3.63, 3.8) is 0 Å². The number of rotatable bonds is 2. The van der Waals surface area contributed by atoms with Crippen molar-refractivity contribution in [1.29, 1.82) is 0 Å². The molecule has 0 bridgehead atoms. The summed E-state index contributed by atoms with van der Waals surface area (Å²) in [5.74, 6) is 0.303. The van der Waals surface area contributed by atoms with E-state index in [1.54, 1.807) is 6.33 Å². The monoisotopic (exact) mass is 335 g/mol. The molecule has 1 aliphatic rings. The lowest BCUT2D eigenvalue weighted by atomic mass is 10.0. The fourth-order valence-electron chi connectivity index (χ4n) is 3.56. The van der Waals surface area contributed by atoms with Crippen LogP contribution in [0.2, 0.25) is 0 Å². The van der Waals surface area contributed by atoms with Crippen LogP contribution in [0.1, 0.15) is 49.9 Å². The van der Waals surface area contributed by atoms with E-state index >= 15 is 0 Å². The summed E-state index contributed by atoms with van der Waals surface area (Å²) >= 11 is 0. The fraction of sp³-hybridized carbons (Fsp3) is 0.350. The summed E-state index contributed by atoms with van der Waals surface area (Å²) in [6.07, 6.45) is 4.73. The highest BCUT2D eigenvalue weighted by Crippen LogP contribution is 2.36. The second-order valence-electron chi connectivity index (χ2n) is 6.83. The summed E-state index contributed by atoms with van der Waals surface area (Å²) in [5, 5.41) is 0. The molecule has 4 rings (SSSR count). The molecule has 0 saturated carbocycles. The quantitative estimate of drug-likeness (QED) is 0.666.